The largest absolute Gasteiger partial charge is 0.489 e. The average Bonchev–Trinajstić information content (AvgIpc) is 2.85. The Morgan fingerprint density at radius 1 is 1.40 bits per heavy atom. The number of aliphatic hydroxyl groups excluding tert-OH is 1. The van der Waals surface area contributed by atoms with E-state index in [0.717, 1.165) is 24.1 Å². The summed E-state index contributed by atoms with van der Waals surface area (Å²) in [6.45, 7) is 4.88. The van der Waals surface area contributed by atoms with E-state index in [9.17, 15) is 9.90 Å². The number of carboxylic acids is 1. The smallest absolute Gasteiger partial charge is 0.349 e. The summed E-state index contributed by atoms with van der Waals surface area (Å²) in [5.74, 6) is -0.676. The predicted octanol–water partition coefficient (Wildman–Crippen LogP) is 2.57. The van der Waals surface area contributed by atoms with Gasteiger partial charge >= 0.3 is 5.97 Å². The van der Waals surface area contributed by atoms with Crippen molar-refractivity contribution >= 4 is 17.3 Å². The lowest BCUT2D eigenvalue weighted by Gasteiger charge is -2.12. The second-order valence-electron chi connectivity index (χ2n) is 4.46. The van der Waals surface area contributed by atoms with Crippen LogP contribution in [0.5, 0.6) is 5.75 Å². The minimum Gasteiger partial charge on any atom is -0.489 e. The highest BCUT2D eigenvalue weighted by atomic mass is 32.1. The van der Waals surface area contributed by atoms with Gasteiger partial charge < -0.3 is 19.7 Å². The highest BCUT2D eigenvalue weighted by Crippen LogP contribution is 2.29. The van der Waals surface area contributed by atoms with E-state index in [2.05, 4.69) is 6.92 Å². The molecule has 0 aromatic carbocycles. The van der Waals surface area contributed by atoms with Crippen LogP contribution in [-0.2, 0) is 11.2 Å². The Bertz CT molecular complexity index is 416. The van der Waals surface area contributed by atoms with Gasteiger partial charge in [0.15, 0.2) is 4.88 Å². The molecule has 0 saturated heterocycles. The topological polar surface area (TPSA) is 76.0 Å². The Morgan fingerprint density at radius 2 is 2.15 bits per heavy atom. The van der Waals surface area contributed by atoms with Gasteiger partial charge in [-0.15, -0.1) is 11.3 Å². The number of aromatic carboxylic acids is 1. The molecule has 0 aliphatic carbocycles. The standard InChI is InChI=1S/C14H22O5S/c1-3-5-6-18-8-10(15)9-19-12-7-11(4-2)20-13(12)14(16)17/h7,10,15H,3-6,8-9H2,1-2H3,(H,16,17). The van der Waals surface area contributed by atoms with Gasteiger partial charge in [-0.25, -0.2) is 4.79 Å². The van der Waals surface area contributed by atoms with Gasteiger partial charge in [0.2, 0.25) is 0 Å². The zero-order chi connectivity index (χ0) is 15.0. The monoisotopic (exact) mass is 302 g/mol. The van der Waals surface area contributed by atoms with Crippen LogP contribution in [0.25, 0.3) is 0 Å². The summed E-state index contributed by atoms with van der Waals surface area (Å²) in [4.78, 5) is 12.2. The van der Waals surface area contributed by atoms with E-state index in [-0.39, 0.29) is 18.1 Å². The van der Waals surface area contributed by atoms with Gasteiger partial charge in [0.05, 0.1) is 6.61 Å². The Morgan fingerprint density at radius 3 is 2.75 bits per heavy atom. The summed E-state index contributed by atoms with van der Waals surface area (Å²) < 4.78 is 10.7. The number of aliphatic hydroxyl groups is 1. The summed E-state index contributed by atoms with van der Waals surface area (Å²) in [5, 5.41) is 18.8. The summed E-state index contributed by atoms with van der Waals surface area (Å²) >= 11 is 1.21. The fourth-order valence-corrected chi connectivity index (χ4v) is 2.43. The van der Waals surface area contributed by atoms with Crippen molar-refractivity contribution < 1.29 is 24.5 Å². The van der Waals surface area contributed by atoms with Crippen LogP contribution in [0.15, 0.2) is 6.07 Å². The molecule has 1 heterocycles. The van der Waals surface area contributed by atoms with Crippen molar-refractivity contribution in [2.24, 2.45) is 0 Å². The minimum absolute atomic E-state index is 0.0340. The van der Waals surface area contributed by atoms with Crippen molar-refractivity contribution in [3.05, 3.63) is 15.8 Å². The van der Waals surface area contributed by atoms with Crippen LogP contribution in [0.1, 0.15) is 41.2 Å². The molecule has 0 spiro atoms. The number of carbonyl (C=O) groups is 1. The molecule has 114 valence electrons. The van der Waals surface area contributed by atoms with Crippen LogP contribution in [0, 0.1) is 0 Å². The van der Waals surface area contributed by atoms with Gasteiger partial charge in [0, 0.05) is 11.5 Å². The third-order valence-corrected chi connectivity index (χ3v) is 3.92. The van der Waals surface area contributed by atoms with Crippen molar-refractivity contribution in [1.82, 2.24) is 0 Å². The second kappa shape index (κ2) is 8.94. The highest BCUT2D eigenvalue weighted by Gasteiger charge is 2.17. The normalized spacial score (nSPS) is 12.3. The zero-order valence-electron chi connectivity index (χ0n) is 11.9. The first-order valence-corrected chi connectivity index (χ1v) is 7.64. The van der Waals surface area contributed by atoms with E-state index < -0.39 is 12.1 Å². The molecule has 0 amide bonds. The number of carboxylic acid groups (broad SMARTS) is 1. The third-order valence-electron chi connectivity index (χ3n) is 2.68. The maximum Gasteiger partial charge on any atom is 0.349 e. The van der Waals surface area contributed by atoms with Crippen LogP contribution < -0.4 is 4.74 Å². The van der Waals surface area contributed by atoms with Crippen molar-refractivity contribution in [2.75, 3.05) is 19.8 Å². The number of ether oxygens (including phenoxy) is 2. The van der Waals surface area contributed by atoms with Crippen LogP contribution in [0.2, 0.25) is 0 Å². The van der Waals surface area contributed by atoms with Crippen molar-refractivity contribution in [3.63, 3.8) is 0 Å². The molecule has 1 rings (SSSR count). The molecule has 0 aliphatic rings. The lowest BCUT2D eigenvalue weighted by atomic mass is 10.3. The van der Waals surface area contributed by atoms with Gasteiger partial charge in [-0.2, -0.15) is 0 Å². The van der Waals surface area contributed by atoms with Crippen LogP contribution in [0.3, 0.4) is 0 Å². The lowest BCUT2D eigenvalue weighted by molar-refractivity contribution is 0.0111. The molecule has 0 fully saturated rings. The van der Waals surface area contributed by atoms with Crippen molar-refractivity contribution in [2.45, 2.75) is 39.2 Å². The summed E-state index contributed by atoms with van der Waals surface area (Å²) in [6.07, 6.45) is 2.01. The molecule has 2 N–H and O–H groups in total. The fourth-order valence-electron chi connectivity index (χ4n) is 1.55. The highest BCUT2D eigenvalue weighted by molar-refractivity contribution is 7.14. The van der Waals surface area contributed by atoms with E-state index in [0.29, 0.717) is 12.4 Å². The van der Waals surface area contributed by atoms with Gasteiger partial charge in [0.25, 0.3) is 0 Å². The third kappa shape index (κ3) is 5.48. The number of rotatable bonds is 10. The molecule has 5 nitrogen and oxygen atoms in total. The Hall–Kier alpha value is -1.11. The number of hydrogen-bond donors (Lipinski definition) is 2. The van der Waals surface area contributed by atoms with E-state index in [4.69, 9.17) is 14.6 Å². The summed E-state index contributed by atoms with van der Waals surface area (Å²) in [6, 6.07) is 1.72. The SMILES string of the molecule is CCCCOCC(O)COc1cc(CC)sc1C(=O)O. The Kier molecular flexibility index (Phi) is 7.58. The number of aryl methyl sites for hydroxylation is 1. The quantitative estimate of drug-likeness (QED) is 0.650. The van der Waals surface area contributed by atoms with Crippen LogP contribution in [0.4, 0.5) is 0 Å². The van der Waals surface area contributed by atoms with E-state index >= 15 is 0 Å². The predicted molar refractivity (Wildman–Crippen MR) is 77.9 cm³/mol. The molecular formula is C14H22O5S. The van der Waals surface area contributed by atoms with Crippen LogP contribution >= 0.6 is 11.3 Å². The maximum atomic E-state index is 11.1. The first-order valence-electron chi connectivity index (χ1n) is 6.83. The molecule has 20 heavy (non-hydrogen) atoms. The Labute approximate surface area is 123 Å². The van der Waals surface area contributed by atoms with E-state index in [1.807, 2.05) is 6.92 Å². The molecule has 0 radical (unpaired) electrons. The summed E-state index contributed by atoms with van der Waals surface area (Å²) in [5.41, 5.74) is 0. The summed E-state index contributed by atoms with van der Waals surface area (Å²) in [7, 11) is 0. The molecule has 1 atom stereocenters. The number of hydrogen-bond acceptors (Lipinski definition) is 5. The molecule has 1 aromatic rings. The minimum atomic E-state index is -1.00. The first kappa shape index (κ1) is 16.9. The van der Waals surface area contributed by atoms with E-state index in [1.54, 1.807) is 6.07 Å². The Balaban J connectivity index is 2.44. The van der Waals surface area contributed by atoms with Gasteiger partial charge in [-0.1, -0.05) is 20.3 Å². The zero-order valence-corrected chi connectivity index (χ0v) is 12.7. The van der Waals surface area contributed by atoms with Gasteiger partial charge in [-0.3, -0.25) is 0 Å². The molecular weight excluding hydrogens is 280 g/mol. The molecule has 1 aromatic heterocycles. The van der Waals surface area contributed by atoms with Crippen molar-refractivity contribution in [1.29, 1.82) is 0 Å². The lowest BCUT2D eigenvalue weighted by Crippen LogP contribution is -2.24. The average molecular weight is 302 g/mol. The number of thiophene rings is 1. The maximum absolute atomic E-state index is 11.1. The molecule has 6 heteroatoms. The molecule has 0 aliphatic heterocycles. The van der Waals surface area contributed by atoms with Crippen molar-refractivity contribution in [3.8, 4) is 5.75 Å². The van der Waals surface area contributed by atoms with Crippen LogP contribution in [-0.4, -0.2) is 42.1 Å². The molecule has 1 unspecified atom stereocenters. The molecule has 0 saturated carbocycles. The van der Waals surface area contributed by atoms with Gasteiger partial charge in [-0.05, 0) is 18.9 Å². The second-order valence-corrected chi connectivity index (χ2v) is 5.59. The number of unbranched alkanes of at least 4 members (excludes halogenated alkanes) is 1. The first-order chi connectivity index (χ1) is 9.58. The van der Waals surface area contributed by atoms with E-state index in [1.165, 1.54) is 11.3 Å². The fraction of sp³-hybridized carbons (Fsp3) is 0.643. The molecule has 0 bridgehead atoms. The van der Waals surface area contributed by atoms with Gasteiger partial charge in [0.1, 0.15) is 18.5 Å².